The second kappa shape index (κ2) is 5.98. The van der Waals surface area contributed by atoms with Crippen LogP contribution in [0.1, 0.15) is 56.1 Å². The third kappa shape index (κ3) is 2.95. The Hall–Kier alpha value is -1.06. The van der Waals surface area contributed by atoms with Gasteiger partial charge >= 0.3 is 0 Å². The molecule has 1 aromatic rings. The largest absolute Gasteiger partial charge is 0.508 e. The van der Waals surface area contributed by atoms with Crippen molar-refractivity contribution in [2.75, 3.05) is 0 Å². The smallest absolute Gasteiger partial charge is 0.115 e. The SMILES string of the molecule is C[C@H]1CC[C@H](O)CCCC2c3ccc(O)cc3C[C@@H](O)C21. The quantitative estimate of drug-likeness (QED) is 0.688. The van der Waals surface area contributed by atoms with Gasteiger partial charge in [-0.05, 0) is 73.1 Å². The van der Waals surface area contributed by atoms with Crippen LogP contribution >= 0.6 is 0 Å². The number of phenolic OH excluding ortho intramolecular Hbond substituents is 1. The number of benzene rings is 1. The molecule has 0 radical (unpaired) electrons. The zero-order chi connectivity index (χ0) is 15.0. The molecule has 3 nitrogen and oxygen atoms in total. The average Bonchev–Trinajstić information content (AvgIpc) is 2.50. The molecule has 2 aliphatic rings. The number of hydrogen-bond acceptors (Lipinski definition) is 3. The highest BCUT2D eigenvalue weighted by molar-refractivity contribution is 5.40. The average molecular weight is 290 g/mol. The van der Waals surface area contributed by atoms with Crippen LogP contribution in [-0.4, -0.2) is 27.5 Å². The Kier molecular flexibility index (Phi) is 4.23. The molecule has 116 valence electrons. The van der Waals surface area contributed by atoms with Gasteiger partial charge in [0.05, 0.1) is 12.2 Å². The summed E-state index contributed by atoms with van der Waals surface area (Å²) in [5.41, 5.74) is 2.39. The summed E-state index contributed by atoms with van der Waals surface area (Å²) in [6.07, 6.45) is 4.81. The Labute approximate surface area is 126 Å². The first-order valence-electron chi connectivity index (χ1n) is 8.24. The number of aliphatic hydroxyl groups is 2. The van der Waals surface area contributed by atoms with Gasteiger partial charge in [0.2, 0.25) is 0 Å². The van der Waals surface area contributed by atoms with Gasteiger partial charge in [-0.1, -0.05) is 19.4 Å². The predicted molar refractivity (Wildman–Crippen MR) is 82.3 cm³/mol. The maximum Gasteiger partial charge on any atom is 0.115 e. The van der Waals surface area contributed by atoms with Crippen molar-refractivity contribution in [1.29, 1.82) is 0 Å². The molecule has 1 saturated carbocycles. The second-order valence-electron chi connectivity index (χ2n) is 6.98. The van der Waals surface area contributed by atoms with E-state index in [2.05, 4.69) is 6.92 Å². The van der Waals surface area contributed by atoms with Gasteiger partial charge in [0, 0.05) is 0 Å². The van der Waals surface area contributed by atoms with Gasteiger partial charge in [0.1, 0.15) is 5.75 Å². The summed E-state index contributed by atoms with van der Waals surface area (Å²) in [5.74, 6) is 1.32. The van der Waals surface area contributed by atoms with Crippen LogP contribution < -0.4 is 0 Å². The van der Waals surface area contributed by atoms with Crippen molar-refractivity contribution in [3.8, 4) is 5.75 Å². The minimum absolute atomic E-state index is 0.191. The maximum absolute atomic E-state index is 10.6. The van der Waals surface area contributed by atoms with Crippen LogP contribution in [0.2, 0.25) is 0 Å². The Morgan fingerprint density at radius 1 is 1.05 bits per heavy atom. The molecule has 3 N–H and O–H groups in total. The molecule has 0 saturated heterocycles. The fraction of sp³-hybridized carbons (Fsp3) is 0.667. The maximum atomic E-state index is 10.6. The number of aromatic hydroxyl groups is 1. The van der Waals surface area contributed by atoms with E-state index in [1.807, 2.05) is 6.07 Å². The van der Waals surface area contributed by atoms with Crippen LogP contribution in [0.25, 0.3) is 0 Å². The van der Waals surface area contributed by atoms with Gasteiger partial charge in [-0.25, -0.2) is 0 Å². The van der Waals surface area contributed by atoms with E-state index in [0.29, 0.717) is 18.3 Å². The summed E-state index contributed by atoms with van der Waals surface area (Å²) < 4.78 is 0. The van der Waals surface area contributed by atoms with Crippen LogP contribution in [-0.2, 0) is 6.42 Å². The van der Waals surface area contributed by atoms with Crippen LogP contribution in [0, 0.1) is 11.8 Å². The summed E-state index contributed by atoms with van der Waals surface area (Å²) in [6, 6.07) is 5.61. The third-order valence-corrected chi connectivity index (χ3v) is 5.53. The van der Waals surface area contributed by atoms with Crippen molar-refractivity contribution in [2.45, 2.75) is 63.6 Å². The topological polar surface area (TPSA) is 60.7 Å². The molecule has 2 unspecified atom stereocenters. The van der Waals surface area contributed by atoms with Crippen molar-refractivity contribution in [1.82, 2.24) is 0 Å². The summed E-state index contributed by atoms with van der Waals surface area (Å²) in [4.78, 5) is 0. The normalized spacial score (nSPS) is 36.8. The van der Waals surface area contributed by atoms with Crippen LogP contribution in [0.15, 0.2) is 18.2 Å². The predicted octanol–water partition coefficient (Wildman–Crippen LogP) is 2.97. The van der Waals surface area contributed by atoms with Gasteiger partial charge in [0.15, 0.2) is 0 Å². The van der Waals surface area contributed by atoms with Gasteiger partial charge in [-0.2, -0.15) is 0 Å². The molecule has 0 amide bonds. The van der Waals surface area contributed by atoms with Crippen LogP contribution in [0.3, 0.4) is 0 Å². The lowest BCUT2D eigenvalue weighted by molar-refractivity contribution is 0.0440. The highest BCUT2D eigenvalue weighted by atomic mass is 16.3. The zero-order valence-corrected chi connectivity index (χ0v) is 12.7. The minimum atomic E-state index is -0.338. The van der Waals surface area contributed by atoms with E-state index in [-0.39, 0.29) is 23.9 Å². The fourth-order valence-electron chi connectivity index (χ4n) is 4.46. The summed E-state index contributed by atoms with van der Waals surface area (Å²) >= 11 is 0. The van der Waals surface area contributed by atoms with Crippen LogP contribution in [0.4, 0.5) is 0 Å². The van der Waals surface area contributed by atoms with Gasteiger partial charge in [-0.3, -0.25) is 0 Å². The van der Waals surface area contributed by atoms with Crippen molar-refractivity contribution in [3.63, 3.8) is 0 Å². The highest BCUT2D eigenvalue weighted by Gasteiger charge is 2.39. The Morgan fingerprint density at radius 3 is 2.67 bits per heavy atom. The molecule has 1 aromatic carbocycles. The number of aliphatic hydroxyl groups excluding tert-OH is 2. The number of rotatable bonds is 0. The number of fused-ring (bicyclic) bond motifs is 3. The first kappa shape index (κ1) is 14.9. The fourth-order valence-corrected chi connectivity index (χ4v) is 4.46. The molecular weight excluding hydrogens is 264 g/mol. The molecule has 0 heterocycles. The van der Waals surface area contributed by atoms with Gasteiger partial charge in [-0.15, -0.1) is 0 Å². The molecule has 1 fully saturated rings. The minimum Gasteiger partial charge on any atom is -0.508 e. The van der Waals surface area contributed by atoms with Crippen molar-refractivity contribution in [3.05, 3.63) is 29.3 Å². The number of hydrogen-bond donors (Lipinski definition) is 3. The molecular formula is C18H26O3. The van der Waals surface area contributed by atoms with Crippen molar-refractivity contribution in [2.24, 2.45) is 11.8 Å². The van der Waals surface area contributed by atoms with E-state index in [0.717, 1.165) is 37.7 Å². The molecule has 21 heavy (non-hydrogen) atoms. The Morgan fingerprint density at radius 2 is 1.86 bits per heavy atom. The van der Waals surface area contributed by atoms with Gasteiger partial charge in [0.25, 0.3) is 0 Å². The molecule has 2 aliphatic carbocycles. The Bertz CT molecular complexity index is 499. The van der Waals surface area contributed by atoms with E-state index < -0.39 is 0 Å². The van der Waals surface area contributed by atoms with Crippen LogP contribution in [0.5, 0.6) is 5.75 Å². The molecule has 5 atom stereocenters. The van der Waals surface area contributed by atoms with Crippen molar-refractivity contribution < 1.29 is 15.3 Å². The summed E-state index contributed by atoms with van der Waals surface area (Å²) in [6.45, 7) is 2.21. The van der Waals surface area contributed by atoms with Crippen molar-refractivity contribution >= 4 is 0 Å². The molecule has 3 heteroatoms. The van der Waals surface area contributed by atoms with E-state index in [1.165, 1.54) is 5.56 Å². The van der Waals surface area contributed by atoms with E-state index in [4.69, 9.17) is 0 Å². The zero-order valence-electron chi connectivity index (χ0n) is 12.7. The first-order valence-corrected chi connectivity index (χ1v) is 8.24. The lowest BCUT2D eigenvalue weighted by atomic mass is 9.66. The van der Waals surface area contributed by atoms with E-state index >= 15 is 0 Å². The monoisotopic (exact) mass is 290 g/mol. The lowest BCUT2D eigenvalue weighted by Gasteiger charge is -2.40. The third-order valence-electron chi connectivity index (χ3n) is 5.53. The molecule has 0 spiro atoms. The molecule has 0 aromatic heterocycles. The summed E-state index contributed by atoms with van der Waals surface area (Å²) in [5, 5.41) is 30.3. The highest BCUT2D eigenvalue weighted by Crippen LogP contribution is 2.46. The number of phenols is 1. The van der Waals surface area contributed by atoms with E-state index in [1.54, 1.807) is 12.1 Å². The standard InChI is InChI=1S/C18H26O3/c1-11-5-6-13(19)3-2-4-16-15-8-7-14(20)9-12(15)10-17(21)18(11)16/h7-9,11,13,16-21H,2-6,10H2,1H3/t11-,13+,16?,17+,18?/m0/s1. The Balaban J connectivity index is 1.96. The molecule has 0 aliphatic heterocycles. The lowest BCUT2D eigenvalue weighted by Crippen LogP contribution is -2.37. The molecule has 0 bridgehead atoms. The van der Waals surface area contributed by atoms with E-state index in [9.17, 15) is 15.3 Å². The van der Waals surface area contributed by atoms with Gasteiger partial charge < -0.3 is 15.3 Å². The second-order valence-corrected chi connectivity index (χ2v) is 6.98. The first-order chi connectivity index (χ1) is 10.1. The molecule has 3 rings (SSSR count). The summed E-state index contributed by atoms with van der Waals surface area (Å²) in [7, 11) is 0.